The lowest BCUT2D eigenvalue weighted by Gasteiger charge is -2.34. The largest absolute Gasteiger partial charge is 0.497 e. The lowest BCUT2D eigenvalue weighted by molar-refractivity contribution is -0.132. The highest BCUT2D eigenvalue weighted by Crippen LogP contribution is 2.36. The van der Waals surface area contributed by atoms with Crippen molar-refractivity contribution in [3.05, 3.63) is 65.9 Å². The monoisotopic (exact) mass is 464 g/mol. The Labute approximate surface area is 195 Å². The van der Waals surface area contributed by atoms with Crippen LogP contribution in [-0.2, 0) is 4.79 Å². The quantitative estimate of drug-likeness (QED) is 0.361. The average molecular weight is 465 g/mol. The number of piperidine rings is 1. The van der Waals surface area contributed by atoms with Gasteiger partial charge in [-0.2, -0.15) is 0 Å². The Bertz CT molecular complexity index is 1190. The minimum Gasteiger partial charge on any atom is -0.497 e. The van der Waals surface area contributed by atoms with Crippen molar-refractivity contribution in [3.8, 4) is 11.4 Å². The van der Waals surface area contributed by atoms with Crippen LogP contribution in [0.15, 0.2) is 66.1 Å². The third kappa shape index (κ3) is 4.25. The zero-order valence-electron chi connectivity index (χ0n) is 17.8. The molecule has 2 aromatic heterocycles. The number of likely N-dealkylation sites (tertiary alicyclic amines) is 1. The molecule has 3 heterocycles. The second kappa shape index (κ2) is 9.34. The zero-order valence-corrected chi connectivity index (χ0v) is 19.4. The van der Waals surface area contributed by atoms with E-state index in [1.165, 1.54) is 16.5 Å². The number of amides is 1. The van der Waals surface area contributed by atoms with Crippen LogP contribution >= 0.6 is 23.1 Å². The van der Waals surface area contributed by atoms with E-state index in [0.717, 1.165) is 52.9 Å². The summed E-state index contributed by atoms with van der Waals surface area (Å²) >= 11 is 3.18. The Kier molecular flexibility index (Phi) is 6.14. The first kappa shape index (κ1) is 21.0. The van der Waals surface area contributed by atoms with Gasteiger partial charge in [0.25, 0.3) is 0 Å². The van der Waals surface area contributed by atoms with Crippen LogP contribution in [0.25, 0.3) is 15.9 Å². The van der Waals surface area contributed by atoms with Gasteiger partial charge in [-0.3, -0.25) is 9.36 Å². The molecule has 1 fully saturated rings. The summed E-state index contributed by atoms with van der Waals surface area (Å²) < 4.78 is 8.42. The number of aromatic nitrogens is 3. The molecular weight excluding hydrogens is 440 g/mol. The van der Waals surface area contributed by atoms with Crippen molar-refractivity contribution in [2.75, 3.05) is 19.4 Å². The van der Waals surface area contributed by atoms with E-state index in [9.17, 15) is 4.79 Å². The smallest absolute Gasteiger partial charge is 0.233 e. The number of ether oxygens (including phenoxy) is 1. The lowest BCUT2D eigenvalue weighted by atomic mass is 10.0. The van der Waals surface area contributed by atoms with Gasteiger partial charge in [-0.15, -0.1) is 11.3 Å². The molecular formula is C24H24N4O2S2. The van der Waals surface area contributed by atoms with Gasteiger partial charge in [-0.25, -0.2) is 9.97 Å². The summed E-state index contributed by atoms with van der Waals surface area (Å²) in [5.41, 5.74) is 2.00. The average Bonchev–Trinajstić information content (AvgIpc) is 3.49. The highest BCUT2D eigenvalue weighted by Gasteiger charge is 2.30. The van der Waals surface area contributed by atoms with Crippen molar-refractivity contribution in [1.29, 1.82) is 0 Å². The van der Waals surface area contributed by atoms with Crippen molar-refractivity contribution >= 4 is 39.2 Å². The van der Waals surface area contributed by atoms with Gasteiger partial charge in [0.15, 0.2) is 5.16 Å². The number of hydrogen-bond donors (Lipinski definition) is 0. The minimum atomic E-state index is 0.0654. The number of para-hydroxylation sites is 1. The van der Waals surface area contributed by atoms with E-state index in [0.29, 0.717) is 5.75 Å². The normalized spacial score (nSPS) is 16.4. The summed E-state index contributed by atoms with van der Waals surface area (Å²) in [5.74, 6) is 1.31. The number of benzene rings is 2. The van der Waals surface area contributed by atoms with Crippen LogP contribution < -0.4 is 4.74 Å². The van der Waals surface area contributed by atoms with Crippen LogP contribution in [0.2, 0.25) is 0 Å². The predicted octanol–water partition coefficient (Wildman–Crippen LogP) is 5.34. The van der Waals surface area contributed by atoms with Gasteiger partial charge >= 0.3 is 0 Å². The fourth-order valence-electron chi connectivity index (χ4n) is 4.06. The predicted molar refractivity (Wildman–Crippen MR) is 129 cm³/mol. The molecule has 1 amide bonds. The van der Waals surface area contributed by atoms with Crippen LogP contribution in [0.4, 0.5) is 0 Å². The second-order valence-corrected chi connectivity index (χ2v) is 9.69. The first-order valence-corrected chi connectivity index (χ1v) is 12.5. The Balaban J connectivity index is 1.30. The van der Waals surface area contributed by atoms with Crippen LogP contribution in [0, 0.1) is 0 Å². The molecule has 1 aliphatic rings. The van der Waals surface area contributed by atoms with Gasteiger partial charge in [-0.1, -0.05) is 23.9 Å². The van der Waals surface area contributed by atoms with E-state index in [4.69, 9.17) is 9.72 Å². The zero-order chi connectivity index (χ0) is 21.9. The highest BCUT2D eigenvalue weighted by molar-refractivity contribution is 7.99. The Morgan fingerprint density at radius 1 is 1.19 bits per heavy atom. The summed E-state index contributed by atoms with van der Waals surface area (Å²) in [7, 11) is 1.65. The SMILES string of the molecule is COc1ccc(-n2ccnc2SCC(=O)N2CCCCC2c2nc3ccccc3s2)cc1. The Morgan fingerprint density at radius 2 is 2.03 bits per heavy atom. The number of carbonyl (C=O) groups excluding carboxylic acids is 1. The van der Waals surface area contributed by atoms with Gasteiger partial charge in [-0.05, 0) is 55.7 Å². The maximum absolute atomic E-state index is 13.3. The first-order valence-electron chi connectivity index (χ1n) is 10.7. The molecule has 0 N–H and O–H groups in total. The molecule has 0 radical (unpaired) electrons. The molecule has 164 valence electrons. The van der Waals surface area contributed by atoms with Crippen LogP contribution in [0.1, 0.15) is 30.3 Å². The second-order valence-electron chi connectivity index (χ2n) is 7.69. The van der Waals surface area contributed by atoms with E-state index in [2.05, 4.69) is 11.1 Å². The molecule has 0 spiro atoms. The van der Waals surface area contributed by atoms with Gasteiger partial charge in [0.1, 0.15) is 10.8 Å². The molecule has 6 nitrogen and oxygen atoms in total. The highest BCUT2D eigenvalue weighted by atomic mass is 32.2. The van der Waals surface area contributed by atoms with Crippen molar-refractivity contribution in [3.63, 3.8) is 0 Å². The Morgan fingerprint density at radius 3 is 2.84 bits per heavy atom. The summed E-state index contributed by atoms with van der Waals surface area (Å²) in [6.45, 7) is 0.785. The van der Waals surface area contributed by atoms with E-state index in [1.807, 2.05) is 58.1 Å². The third-order valence-corrected chi connectivity index (χ3v) is 7.79. The maximum atomic E-state index is 13.3. The first-order chi connectivity index (χ1) is 15.7. The molecule has 1 atom stereocenters. The number of carbonyl (C=O) groups is 1. The van der Waals surface area contributed by atoms with Crippen molar-refractivity contribution in [1.82, 2.24) is 19.4 Å². The number of thiazole rings is 1. The molecule has 5 rings (SSSR count). The van der Waals surface area contributed by atoms with Crippen LogP contribution in [0.3, 0.4) is 0 Å². The number of fused-ring (bicyclic) bond motifs is 1. The molecule has 32 heavy (non-hydrogen) atoms. The summed E-state index contributed by atoms with van der Waals surface area (Å²) in [4.78, 5) is 24.6. The van der Waals surface area contributed by atoms with E-state index < -0.39 is 0 Å². The van der Waals surface area contributed by atoms with Gasteiger partial charge < -0.3 is 9.64 Å². The van der Waals surface area contributed by atoms with Gasteiger partial charge in [0, 0.05) is 24.6 Å². The molecule has 0 bridgehead atoms. The maximum Gasteiger partial charge on any atom is 0.233 e. The van der Waals surface area contributed by atoms with E-state index in [1.54, 1.807) is 24.6 Å². The van der Waals surface area contributed by atoms with Crippen LogP contribution in [-0.4, -0.2) is 44.7 Å². The van der Waals surface area contributed by atoms with Crippen molar-refractivity contribution in [2.24, 2.45) is 0 Å². The van der Waals surface area contributed by atoms with E-state index >= 15 is 0 Å². The van der Waals surface area contributed by atoms with Crippen molar-refractivity contribution < 1.29 is 9.53 Å². The molecule has 1 unspecified atom stereocenters. The van der Waals surface area contributed by atoms with Gasteiger partial charge in [0.05, 0.1) is 29.1 Å². The topological polar surface area (TPSA) is 60.3 Å². The molecule has 1 aliphatic heterocycles. The van der Waals surface area contributed by atoms with E-state index in [-0.39, 0.29) is 11.9 Å². The number of methoxy groups -OCH3 is 1. The van der Waals surface area contributed by atoms with Crippen molar-refractivity contribution in [2.45, 2.75) is 30.5 Å². The number of hydrogen-bond acceptors (Lipinski definition) is 6. The third-order valence-electron chi connectivity index (χ3n) is 5.70. The number of thioether (sulfide) groups is 1. The standard InChI is InChI=1S/C24H24N4O2S2/c1-30-18-11-9-17(10-12-18)27-15-13-25-24(27)31-16-22(29)28-14-5-4-7-20(28)23-26-19-6-2-3-8-21(19)32-23/h2-3,6,8-13,15,20H,4-5,7,14,16H2,1H3. The molecule has 0 aliphatic carbocycles. The summed E-state index contributed by atoms with van der Waals surface area (Å²) in [6, 6.07) is 16.1. The molecule has 1 saturated heterocycles. The summed E-state index contributed by atoms with van der Waals surface area (Å²) in [5, 5.41) is 1.85. The molecule has 4 aromatic rings. The van der Waals surface area contributed by atoms with Gasteiger partial charge in [0.2, 0.25) is 5.91 Å². The molecule has 0 saturated carbocycles. The minimum absolute atomic E-state index is 0.0654. The summed E-state index contributed by atoms with van der Waals surface area (Å²) in [6.07, 6.45) is 6.82. The molecule has 8 heteroatoms. The number of rotatable bonds is 6. The fraction of sp³-hybridized carbons (Fsp3) is 0.292. The fourth-order valence-corrected chi connectivity index (χ4v) is 6.04. The number of imidazole rings is 1. The molecule has 2 aromatic carbocycles. The number of nitrogens with zero attached hydrogens (tertiary/aromatic N) is 4. The van der Waals surface area contributed by atoms with Crippen LogP contribution in [0.5, 0.6) is 5.75 Å². The Hall–Kier alpha value is -2.84. The lowest BCUT2D eigenvalue weighted by Crippen LogP contribution is -2.39.